The van der Waals surface area contributed by atoms with Gasteiger partial charge in [-0.3, -0.25) is 4.79 Å². The van der Waals surface area contributed by atoms with Crippen molar-refractivity contribution in [2.75, 3.05) is 6.61 Å². The molecule has 3 nitrogen and oxygen atoms in total. The Morgan fingerprint density at radius 3 is 2.64 bits per heavy atom. The van der Waals surface area contributed by atoms with Gasteiger partial charge in [0.05, 0.1) is 12.7 Å². The number of ketones is 1. The van der Waals surface area contributed by atoms with Crippen molar-refractivity contribution in [3.05, 3.63) is 35.9 Å². The maximum absolute atomic E-state index is 11.3. The van der Waals surface area contributed by atoms with E-state index in [-0.39, 0.29) is 18.5 Å². The molecule has 0 aliphatic carbocycles. The third-order valence-electron chi connectivity index (χ3n) is 2.41. The maximum Gasteiger partial charge on any atom is 0.166 e. The van der Waals surface area contributed by atoms with Crippen LogP contribution in [0.1, 0.15) is 18.1 Å². The van der Waals surface area contributed by atoms with Gasteiger partial charge in [-0.2, -0.15) is 0 Å². The zero-order chi connectivity index (χ0) is 9.97. The van der Waals surface area contributed by atoms with Crippen LogP contribution in [0.2, 0.25) is 0 Å². The molecule has 1 aromatic rings. The van der Waals surface area contributed by atoms with Gasteiger partial charge in [0.2, 0.25) is 0 Å². The van der Waals surface area contributed by atoms with Gasteiger partial charge in [-0.25, -0.2) is 0 Å². The number of hydrogen-bond acceptors (Lipinski definition) is 3. The third-order valence-corrected chi connectivity index (χ3v) is 2.41. The first-order chi connectivity index (χ1) is 6.81. The molecule has 2 atom stereocenters. The summed E-state index contributed by atoms with van der Waals surface area (Å²) >= 11 is 0. The molecule has 1 aliphatic rings. The molecular formula is C11H12O3. The number of hydrogen-bond donors (Lipinski definition) is 1. The molecule has 0 unspecified atom stereocenters. The van der Waals surface area contributed by atoms with E-state index in [1.54, 1.807) is 0 Å². The summed E-state index contributed by atoms with van der Waals surface area (Å²) in [4.78, 5) is 11.3. The first kappa shape index (κ1) is 9.37. The lowest BCUT2D eigenvalue weighted by Gasteiger charge is -2.10. The highest BCUT2D eigenvalue weighted by molar-refractivity contribution is 5.85. The van der Waals surface area contributed by atoms with Crippen LogP contribution in [-0.4, -0.2) is 23.6 Å². The molecule has 0 saturated carbocycles. The van der Waals surface area contributed by atoms with Crippen LogP contribution in [0.15, 0.2) is 30.3 Å². The van der Waals surface area contributed by atoms with Crippen molar-refractivity contribution in [1.82, 2.24) is 0 Å². The molecule has 1 N–H and O–H groups in total. The summed E-state index contributed by atoms with van der Waals surface area (Å²) in [6.07, 6.45) is -0.434. The monoisotopic (exact) mass is 192 g/mol. The van der Waals surface area contributed by atoms with Crippen LogP contribution in [0, 0.1) is 0 Å². The third kappa shape index (κ3) is 1.69. The topological polar surface area (TPSA) is 46.5 Å². The molecule has 3 heteroatoms. The Bertz CT molecular complexity index is 321. The van der Waals surface area contributed by atoms with Crippen molar-refractivity contribution in [1.29, 1.82) is 0 Å². The summed E-state index contributed by atoms with van der Waals surface area (Å²) in [6.45, 7) is -0.220. The van der Waals surface area contributed by atoms with Gasteiger partial charge >= 0.3 is 0 Å². The Balaban J connectivity index is 2.13. The summed E-state index contributed by atoms with van der Waals surface area (Å²) in [5.41, 5.74) is 0.997. The lowest BCUT2D eigenvalue weighted by atomic mass is 10.1. The van der Waals surface area contributed by atoms with E-state index < -0.39 is 6.10 Å². The zero-order valence-electron chi connectivity index (χ0n) is 7.72. The SMILES string of the molecule is O=C1C[C@@H](c2ccccc2)O[C@H]1CO. The molecule has 2 rings (SSSR count). The van der Waals surface area contributed by atoms with Crippen molar-refractivity contribution in [2.24, 2.45) is 0 Å². The molecule has 0 radical (unpaired) electrons. The average Bonchev–Trinajstić information content (AvgIpc) is 2.61. The van der Waals surface area contributed by atoms with Gasteiger partial charge in [0, 0.05) is 6.42 Å². The van der Waals surface area contributed by atoms with Gasteiger partial charge in [0.25, 0.3) is 0 Å². The summed E-state index contributed by atoms with van der Waals surface area (Å²) in [6, 6.07) is 9.60. The van der Waals surface area contributed by atoms with E-state index in [2.05, 4.69) is 0 Å². The van der Waals surface area contributed by atoms with Crippen molar-refractivity contribution in [3.63, 3.8) is 0 Å². The van der Waals surface area contributed by atoms with Crippen LogP contribution in [0.5, 0.6) is 0 Å². The molecule has 14 heavy (non-hydrogen) atoms. The predicted molar refractivity (Wildman–Crippen MR) is 50.8 cm³/mol. The normalized spacial score (nSPS) is 26.8. The Morgan fingerprint density at radius 2 is 2.07 bits per heavy atom. The van der Waals surface area contributed by atoms with E-state index in [1.807, 2.05) is 30.3 Å². The predicted octanol–water partition coefficient (Wildman–Crippen LogP) is 1.08. The van der Waals surface area contributed by atoms with E-state index in [4.69, 9.17) is 9.84 Å². The minimum absolute atomic E-state index is 0.0126. The van der Waals surface area contributed by atoms with Gasteiger partial charge in [0.1, 0.15) is 6.10 Å². The van der Waals surface area contributed by atoms with Crippen LogP contribution in [0.3, 0.4) is 0 Å². The Hall–Kier alpha value is -1.19. The maximum atomic E-state index is 11.3. The molecule has 0 spiro atoms. The number of aliphatic hydroxyl groups is 1. The molecule has 0 amide bonds. The fraction of sp³-hybridized carbons (Fsp3) is 0.364. The van der Waals surface area contributed by atoms with E-state index in [9.17, 15) is 4.79 Å². The van der Waals surface area contributed by atoms with Crippen LogP contribution >= 0.6 is 0 Å². The fourth-order valence-corrected chi connectivity index (χ4v) is 1.65. The van der Waals surface area contributed by atoms with Gasteiger partial charge in [0.15, 0.2) is 5.78 Å². The van der Waals surface area contributed by atoms with E-state index >= 15 is 0 Å². The highest BCUT2D eigenvalue weighted by atomic mass is 16.5. The standard InChI is InChI=1S/C11H12O3/c12-7-11-9(13)6-10(14-11)8-4-2-1-3-5-8/h1-5,10-12H,6-7H2/t10-,11-/m0/s1. The lowest BCUT2D eigenvalue weighted by Crippen LogP contribution is -2.19. The highest BCUT2D eigenvalue weighted by Gasteiger charge is 2.33. The zero-order valence-corrected chi connectivity index (χ0v) is 7.72. The number of benzene rings is 1. The van der Waals surface area contributed by atoms with Gasteiger partial charge < -0.3 is 9.84 Å². The van der Waals surface area contributed by atoms with Crippen LogP contribution in [0.4, 0.5) is 0 Å². The summed E-state index contributed by atoms with van der Waals surface area (Å²) in [5, 5.41) is 8.86. The number of Topliss-reactive ketones (excluding diaryl/α,β-unsaturated/α-hetero) is 1. The molecule has 1 fully saturated rings. The van der Waals surface area contributed by atoms with E-state index in [0.717, 1.165) is 5.56 Å². The van der Waals surface area contributed by atoms with Crippen molar-refractivity contribution < 1.29 is 14.6 Å². The number of rotatable bonds is 2. The van der Waals surface area contributed by atoms with Crippen molar-refractivity contribution in [2.45, 2.75) is 18.6 Å². The van der Waals surface area contributed by atoms with E-state index in [1.165, 1.54) is 0 Å². The minimum Gasteiger partial charge on any atom is -0.393 e. The summed E-state index contributed by atoms with van der Waals surface area (Å²) < 4.78 is 5.41. The first-order valence-corrected chi connectivity index (χ1v) is 4.65. The smallest absolute Gasteiger partial charge is 0.166 e. The molecule has 1 aromatic carbocycles. The molecular weight excluding hydrogens is 180 g/mol. The molecule has 0 bridgehead atoms. The first-order valence-electron chi connectivity index (χ1n) is 4.65. The number of carbonyl (C=O) groups is 1. The second kappa shape index (κ2) is 3.90. The van der Waals surface area contributed by atoms with E-state index in [0.29, 0.717) is 6.42 Å². The largest absolute Gasteiger partial charge is 0.393 e. The van der Waals surface area contributed by atoms with Crippen molar-refractivity contribution >= 4 is 5.78 Å². The Labute approximate surface area is 82.3 Å². The number of aliphatic hydroxyl groups excluding tert-OH is 1. The molecule has 74 valence electrons. The second-order valence-electron chi connectivity index (χ2n) is 3.38. The Morgan fingerprint density at radius 1 is 1.36 bits per heavy atom. The fourth-order valence-electron chi connectivity index (χ4n) is 1.65. The van der Waals surface area contributed by atoms with Crippen LogP contribution < -0.4 is 0 Å². The molecule has 1 heterocycles. The molecule has 1 aliphatic heterocycles. The highest BCUT2D eigenvalue weighted by Crippen LogP contribution is 2.29. The molecule has 1 saturated heterocycles. The van der Waals surface area contributed by atoms with Crippen LogP contribution in [-0.2, 0) is 9.53 Å². The van der Waals surface area contributed by atoms with Gasteiger partial charge in [-0.1, -0.05) is 30.3 Å². The van der Waals surface area contributed by atoms with Crippen LogP contribution in [0.25, 0.3) is 0 Å². The van der Waals surface area contributed by atoms with Crippen molar-refractivity contribution in [3.8, 4) is 0 Å². The second-order valence-corrected chi connectivity index (χ2v) is 3.38. The molecule has 0 aromatic heterocycles. The van der Waals surface area contributed by atoms with Gasteiger partial charge in [-0.15, -0.1) is 0 Å². The average molecular weight is 192 g/mol. The van der Waals surface area contributed by atoms with Gasteiger partial charge in [-0.05, 0) is 5.56 Å². The minimum atomic E-state index is -0.625. The Kier molecular flexibility index (Phi) is 2.61. The number of ether oxygens (including phenoxy) is 1. The summed E-state index contributed by atoms with van der Waals surface area (Å²) in [5.74, 6) is -0.0126. The summed E-state index contributed by atoms with van der Waals surface area (Å²) in [7, 11) is 0. The quantitative estimate of drug-likeness (QED) is 0.762. The lowest BCUT2D eigenvalue weighted by molar-refractivity contribution is -0.124. The number of carbonyl (C=O) groups excluding carboxylic acids is 1.